The third-order valence-electron chi connectivity index (χ3n) is 4.98. The molecule has 1 rings (SSSR count). The van der Waals surface area contributed by atoms with Gasteiger partial charge in [-0.1, -0.05) is 94.9 Å². The lowest BCUT2D eigenvalue weighted by Gasteiger charge is -2.09. The maximum Gasteiger partial charge on any atom is 0.220 e. The fourth-order valence-corrected chi connectivity index (χ4v) is 3.28. The lowest BCUT2D eigenvalue weighted by atomic mass is 10.0. The smallest absolute Gasteiger partial charge is 0.220 e. The van der Waals surface area contributed by atoms with Gasteiger partial charge in [0.05, 0.1) is 0 Å². The summed E-state index contributed by atoms with van der Waals surface area (Å²) in [5.41, 5.74) is 3.75. The first-order valence-corrected chi connectivity index (χ1v) is 10.5. The predicted molar refractivity (Wildman–Crippen MR) is 109 cm³/mol. The number of hydrogen-bond acceptors (Lipinski definition) is 1. The second-order valence-corrected chi connectivity index (χ2v) is 7.49. The summed E-state index contributed by atoms with van der Waals surface area (Å²) in [4.78, 5) is 11.9. The summed E-state index contributed by atoms with van der Waals surface area (Å²) in [7, 11) is 0. The van der Waals surface area contributed by atoms with Crippen molar-refractivity contribution in [3.8, 4) is 0 Å². The second-order valence-electron chi connectivity index (χ2n) is 7.49. The van der Waals surface area contributed by atoms with E-state index in [0.717, 1.165) is 6.42 Å². The third kappa shape index (κ3) is 11.0. The number of nitrogens with one attached hydrogen (secondary N) is 1. The monoisotopic (exact) mass is 345 g/mol. The van der Waals surface area contributed by atoms with Crippen molar-refractivity contribution >= 4 is 5.91 Å². The summed E-state index contributed by atoms with van der Waals surface area (Å²) < 4.78 is 0. The first kappa shape index (κ1) is 21.7. The minimum absolute atomic E-state index is 0.191. The van der Waals surface area contributed by atoms with Gasteiger partial charge in [-0.25, -0.2) is 0 Å². The lowest BCUT2D eigenvalue weighted by Crippen LogP contribution is -2.22. The Balaban J connectivity index is 1.95. The third-order valence-corrected chi connectivity index (χ3v) is 4.98. The van der Waals surface area contributed by atoms with Crippen LogP contribution in [0.2, 0.25) is 0 Å². The Morgan fingerprint density at radius 3 is 1.96 bits per heavy atom. The maximum absolute atomic E-state index is 11.9. The first-order chi connectivity index (χ1) is 12.1. The molecule has 0 bridgehead atoms. The Bertz CT molecular complexity index is 481. The minimum Gasteiger partial charge on any atom is -0.352 e. The summed E-state index contributed by atoms with van der Waals surface area (Å²) in [6.07, 6.45) is 15.2. The highest BCUT2D eigenvalue weighted by Crippen LogP contribution is 2.12. The number of carbonyl (C=O) groups excluding carboxylic acids is 1. The van der Waals surface area contributed by atoms with Gasteiger partial charge in [0.1, 0.15) is 0 Å². The van der Waals surface area contributed by atoms with Crippen molar-refractivity contribution < 1.29 is 4.79 Å². The van der Waals surface area contributed by atoms with Crippen molar-refractivity contribution in [2.24, 2.45) is 0 Å². The van der Waals surface area contributed by atoms with E-state index in [0.29, 0.717) is 13.0 Å². The van der Waals surface area contributed by atoms with Crippen molar-refractivity contribution in [1.29, 1.82) is 0 Å². The summed E-state index contributed by atoms with van der Waals surface area (Å²) >= 11 is 0. The molecule has 0 saturated heterocycles. The van der Waals surface area contributed by atoms with E-state index >= 15 is 0 Å². The minimum atomic E-state index is 0.191. The molecule has 25 heavy (non-hydrogen) atoms. The van der Waals surface area contributed by atoms with E-state index in [4.69, 9.17) is 0 Å². The highest BCUT2D eigenvalue weighted by molar-refractivity contribution is 5.75. The van der Waals surface area contributed by atoms with Crippen LogP contribution in [0.3, 0.4) is 0 Å². The van der Waals surface area contributed by atoms with E-state index < -0.39 is 0 Å². The van der Waals surface area contributed by atoms with Crippen LogP contribution in [0.4, 0.5) is 0 Å². The van der Waals surface area contributed by atoms with Crippen LogP contribution in [-0.2, 0) is 11.3 Å². The molecule has 142 valence electrons. The molecule has 0 aliphatic rings. The molecule has 1 amide bonds. The number of hydrogen-bond donors (Lipinski definition) is 1. The molecular weight excluding hydrogens is 306 g/mol. The Kier molecular flexibility index (Phi) is 12.1. The number of rotatable bonds is 14. The summed E-state index contributed by atoms with van der Waals surface area (Å²) in [6.45, 7) is 7.13. The molecule has 1 aromatic rings. The first-order valence-electron chi connectivity index (χ1n) is 10.5. The number of unbranched alkanes of at least 4 members (excludes halogenated alkanes) is 10. The van der Waals surface area contributed by atoms with Crippen molar-refractivity contribution in [3.63, 3.8) is 0 Å². The van der Waals surface area contributed by atoms with E-state index in [-0.39, 0.29) is 5.91 Å². The van der Waals surface area contributed by atoms with Gasteiger partial charge in [0, 0.05) is 13.0 Å². The van der Waals surface area contributed by atoms with Crippen LogP contribution >= 0.6 is 0 Å². The quantitative estimate of drug-likeness (QED) is 0.377. The zero-order chi connectivity index (χ0) is 18.3. The topological polar surface area (TPSA) is 29.1 Å². The normalized spacial score (nSPS) is 10.8. The van der Waals surface area contributed by atoms with Crippen molar-refractivity contribution in [2.75, 3.05) is 0 Å². The van der Waals surface area contributed by atoms with Crippen molar-refractivity contribution in [1.82, 2.24) is 5.32 Å². The molecule has 2 nitrogen and oxygen atoms in total. The molecule has 0 atom stereocenters. The van der Waals surface area contributed by atoms with Crippen molar-refractivity contribution in [3.05, 3.63) is 34.9 Å². The Hall–Kier alpha value is -1.31. The average molecular weight is 346 g/mol. The molecule has 0 unspecified atom stereocenters. The van der Waals surface area contributed by atoms with E-state index in [1.54, 1.807) is 0 Å². The molecule has 0 radical (unpaired) electrons. The van der Waals surface area contributed by atoms with Crippen LogP contribution < -0.4 is 5.32 Å². The molecule has 0 saturated carbocycles. The van der Waals surface area contributed by atoms with E-state index in [2.05, 4.69) is 44.3 Å². The second kappa shape index (κ2) is 13.9. The largest absolute Gasteiger partial charge is 0.352 e. The standard InChI is InChI=1S/C23H39NO/c1-4-5-6-7-8-9-10-11-12-13-14-15-23(25)24-19-22-17-16-20(2)18-21(22)3/h16-18H,4-15,19H2,1-3H3,(H,24,25). The molecule has 0 heterocycles. The summed E-state index contributed by atoms with van der Waals surface area (Å²) in [5, 5.41) is 3.06. The van der Waals surface area contributed by atoms with Crippen LogP contribution in [0.15, 0.2) is 18.2 Å². The number of aryl methyl sites for hydroxylation is 2. The van der Waals surface area contributed by atoms with E-state index in [1.165, 1.54) is 80.9 Å². The van der Waals surface area contributed by atoms with Gasteiger partial charge in [-0.15, -0.1) is 0 Å². The zero-order valence-corrected chi connectivity index (χ0v) is 16.8. The molecule has 0 fully saturated rings. The average Bonchev–Trinajstić information content (AvgIpc) is 2.59. The van der Waals surface area contributed by atoms with E-state index in [1.807, 2.05) is 0 Å². The number of amides is 1. The Morgan fingerprint density at radius 1 is 0.840 bits per heavy atom. The van der Waals surface area contributed by atoms with Gasteiger partial charge in [0.2, 0.25) is 5.91 Å². The Labute approximate surface area is 155 Å². The lowest BCUT2D eigenvalue weighted by molar-refractivity contribution is -0.121. The number of benzene rings is 1. The van der Waals surface area contributed by atoms with E-state index in [9.17, 15) is 4.79 Å². The molecule has 1 aromatic carbocycles. The molecule has 0 aliphatic carbocycles. The fourth-order valence-electron chi connectivity index (χ4n) is 3.28. The SMILES string of the molecule is CCCCCCCCCCCCCC(=O)NCc1ccc(C)cc1C. The zero-order valence-electron chi connectivity index (χ0n) is 16.8. The van der Waals surface area contributed by atoms with Crippen LogP contribution in [0.25, 0.3) is 0 Å². The van der Waals surface area contributed by atoms with Gasteiger partial charge in [-0.3, -0.25) is 4.79 Å². The van der Waals surface area contributed by atoms with Gasteiger partial charge >= 0.3 is 0 Å². The molecule has 0 spiro atoms. The summed E-state index contributed by atoms with van der Waals surface area (Å²) in [6, 6.07) is 6.40. The summed E-state index contributed by atoms with van der Waals surface area (Å²) in [5.74, 6) is 0.191. The molecule has 2 heteroatoms. The van der Waals surface area contributed by atoms with Crippen molar-refractivity contribution in [2.45, 2.75) is 104 Å². The molecule has 1 N–H and O–H groups in total. The predicted octanol–water partition coefficient (Wildman–Crippen LogP) is 6.62. The van der Waals surface area contributed by atoms with Crippen LogP contribution in [0.1, 0.15) is 101 Å². The maximum atomic E-state index is 11.9. The Morgan fingerprint density at radius 2 is 1.40 bits per heavy atom. The van der Waals surface area contributed by atoms with Crippen LogP contribution in [0, 0.1) is 13.8 Å². The van der Waals surface area contributed by atoms with Gasteiger partial charge in [-0.05, 0) is 31.4 Å². The molecule has 0 aliphatic heterocycles. The van der Waals surface area contributed by atoms with Gasteiger partial charge in [0.15, 0.2) is 0 Å². The van der Waals surface area contributed by atoms with Crippen LogP contribution in [-0.4, -0.2) is 5.91 Å². The van der Waals surface area contributed by atoms with Gasteiger partial charge in [0.25, 0.3) is 0 Å². The van der Waals surface area contributed by atoms with Gasteiger partial charge < -0.3 is 5.32 Å². The van der Waals surface area contributed by atoms with Crippen LogP contribution in [0.5, 0.6) is 0 Å². The molecular formula is C23H39NO. The van der Waals surface area contributed by atoms with Gasteiger partial charge in [-0.2, -0.15) is 0 Å². The molecule has 0 aromatic heterocycles. The highest BCUT2D eigenvalue weighted by atomic mass is 16.1. The fraction of sp³-hybridized carbons (Fsp3) is 0.696. The number of carbonyl (C=O) groups is 1. The highest BCUT2D eigenvalue weighted by Gasteiger charge is 2.03.